The van der Waals surface area contributed by atoms with E-state index in [9.17, 15) is 4.21 Å². The molecule has 2 aliphatic rings. The van der Waals surface area contributed by atoms with Crippen LogP contribution < -0.4 is 19.9 Å². The van der Waals surface area contributed by atoms with Crippen LogP contribution in [-0.4, -0.2) is 82.0 Å². The minimum Gasteiger partial charge on any atom is -0.497 e. The van der Waals surface area contributed by atoms with Gasteiger partial charge >= 0.3 is 0 Å². The van der Waals surface area contributed by atoms with Gasteiger partial charge in [0.15, 0.2) is 5.82 Å². The predicted molar refractivity (Wildman–Crippen MR) is 127 cm³/mol. The van der Waals surface area contributed by atoms with Crippen molar-refractivity contribution in [1.82, 2.24) is 25.3 Å². The number of fused-ring (bicyclic) bond motifs is 1. The van der Waals surface area contributed by atoms with E-state index in [1.54, 1.807) is 25.2 Å². The number of rotatable bonds is 5. The Balaban J connectivity index is 1.58. The first-order chi connectivity index (χ1) is 15.7. The number of ether oxygens (including phenoxy) is 1. The third-order valence-electron chi connectivity index (χ3n) is 5.57. The normalized spacial score (nSPS) is 17.7. The van der Waals surface area contributed by atoms with Crippen molar-refractivity contribution in [3.63, 3.8) is 0 Å². The summed E-state index contributed by atoms with van der Waals surface area (Å²) in [7, 11) is 0.896. The van der Waals surface area contributed by atoms with Gasteiger partial charge in [-0.2, -0.15) is 4.98 Å². The van der Waals surface area contributed by atoms with Crippen LogP contribution in [0.15, 0.2) is 40.5 Å². The number of methoxy groups -OCH3 is 1. The second kappa shape index (κ2) is 9.55. The smallest absolute Gasteiger partial charge is 0.228 e. The van der Waals surface area contributed by atoms with Crippen molar-refractivity contribution < 1.29 is 8.95 Å². The maximum atomic E-state index is 11.9. The summed E-state index contributed by atoms with van der Waals surface area (Å²) < 4.78 is 17.2. The van der Waals surface area contributed by atoms with E-state index >= 15 is 0 Å². The van der Waals surface area contributed by atoms with Gasteiger partial charge in [0.1, 0.15) is 28.1 Å². The van der Waals surface area contributed by atoms with Gasteiger partial charge in [-0.05, 0) is 24.3 Å². The molecule has 0 radical (unpaired) electrons. The van der Waals surface area contributed by atoms with Gasteiger partial charge in [-0.25, -0.2) is 15.0 Å². The Labute approximate surface area is 193 Å². The summed E-state index contributed by atoms with van der Waals surface area (Å²) in [6, 6.07) is 7.89. The first-order valence-electron chi connectivity index (χ1n) is 10.6. The Kier molecular flexibility index (Phi) is 6.37. The highest BCUT2D eigenvalue weighted by Gasteiger charge is 2.24. The second-order valence-corrected chi connectivity index (χ2v) is 10.3. The van der Waals surface area contributed by atoms with Crippen LogP contribution in [0.5, 0.6) is 5.75 Å². The molecule has 0 spiro atoms. The highest BCUT2D eigenvalue weighted by atomic mass is 32.2. The Morgan fingerprint density at radius 2 is 1.72 bits per heavy atom. The molecule has 0 atom stereocenters. The first-order valence-corrected chi connectivity index (χ1v) is 12.9. The summed E-state index contributed by atoms with van der Waals surface area (Å²) in [5.41, 5.74) is 1.49. The molecule has 2 aliphatic heterocycles. The van der Waals surface area contributed by atoms with Crippen LogP contribution >= 0.6 is 11.8 Å². The summed E-state index contributed by atoms with van der Waals surface area (Å²) in [6.45, 7) is 4.90. The molecule has 3 aromatic rings. The molecular weight excluding hydrogens is 446 g/mol. The zero-order valence-electron chi connectivity index (χ0n) is 17.9. The average Bonchev–Trinajstić information content (AvgIpc) is 2.85. The van der Waals surface area contributed by atoms with E-state index in [-0.39, 0.29) is 0 Å². The molecule has 2 aromatic heterocycles. The number of nitrogens with one attached hydrogen (secondary N) is 1. The number of piperazine rings is 1. The minimum absolute atomic E-state index is 0.646. The Bertz CT molecular complexity index is 1110. The number of anilines is 2. The lowest BCUT2D eigenvalue weighted by Gasteiger charge is -2.31. The van der Waals surface area contributed by atoms with Crippen LogP contribution in [0, 0.1) is 0 Å². The van der Waals surface area contributed by atoms with Crippen molar-refractivity contribution in [2.24, 2.45) is 0 Å². The van der Waals surface area contributed by atoms with Crippen molar-refractivity contribution in [3.8, 4) is 5.75 Å². The van der Waals surface area contributed by atoms with Gasteiger partial charge in [0.05, 0.1) is 7.11 Å². The van der Waals surface area contributed by atoms with Gasteiger partial charge in [0.2, 0.25) is 5.95 Å². The average molecular weight is 472 g/mol. The van der Waals surface area contributed by atoms with Crippen molar-refractivity contribution in [3.05, 3.63) is 30.6 Å². The van der Waals surface area contributed by atoms with E-state index in [1.165, 1.54) is 0 Å². The fourth-order valence-electron chi connectivity index (χ4n) is 3.81. The molecule has 9 nitrogen and oxygen atoms in total. The van der Waals surface area contributed by atoms with E-state index in [1.807, 2.05) is 24.3 Å². The molecule has 5 rings (SSSR count). The zero-order chi connectivity index (χ0) is 21.9. The molecule has 2 fully saturated rings. The van der Waals surface area contributed by atoms with Crippen molar-refractivity contribution in [1.29, 1.82) is 0 Å². The lowest BCUT2D eigenvalue weighted by molar-refractivity contribution is 0.414. The molecule has 1 aromatic carbocycles. The second-order valence-electron chi connectivity index (χ2n) is 7.57. The molecular formula is C21H25N7O2S2. The van der Waals surface area contributed by atoms with Crippen LogP contribution in [0.1, 0.15) is 0 Å². The number of nitrogens with zero attached hydrogens (tertiary/aromatic N) is 6. The summed E-state index contributed by atoms with van der Waals surface area (Å²) in [5.74, 6) is 3.61. The maximum absolute atomic E-state index is 11.9. The fraction of sp³-hybridized carbons (Fsp3) is 0.429. The quantitative estimate of drug-likeness (QED) is 0.552. The molecule has 0 bridgehead atoms. The third-order valence-corrected chi connectivity index (χ3v) is 7.85. The molecule has 168 valence electrons. The molecule has 4 heterocycles. The zero-order valence-corrected chi connectivity index (χ0v) is 19.5. The molecule has 2 saturated heterocycles. The van der Waals surface area contributed by atoms with Crippen molar-refractivity contribution >= 4 is 45.4 Å². The topological polar surface area (TPSA) is 96.4 Å². The highest BCUT2D eigenvalue weighted by molar-refractivity contribution is 7.99. The number of aromatic nitrogens is 4. The minimum atomic E-state index is -0.763. The largest absolute Gasteiger partial charge is 0.497 e. The monoisotopic (exact) mass is 471 g/mol. The van der Waals surface area contributed by atoms with E-state index in [0.717, 1.165) is 58.7 Å². The first kappa shape index (κ1) is 21.4. The molecule has 0 amide bonds. The van der Waals surface area contributed by atoms with E-state index < -0.39 is 10.8 Å². The lowest BCUT2D eigenvalue weighted by atomic mass is 10.3. The van der Waals surface area contributed by atoms with E-state index in [2.05, 4.69) is 25.1 Å². The van der Waals surface area contributed by atoms with Crippen LogP contribution in [0.25, 0.3) is 11.0 Å². The Morgan fingerprint density at radius 3 is 2.44 bits per heavy atom. The molecule has 0 unspecified atom stereocenters. The molecule has 0 aliphatic carbocycles. The Hall–Kier alpha value is -2.50. The Morgan fingerprint density at radius 1 is 0.969 bits per heavy atom. The summed E-state index contributed by atoms with van der Waals surface area (Å²) in [4.78, 5) is 24.4. The molecule has 11 heteroatoms. The van der Waals surface area contributed by atoms with E-state index in [4.69, 9.17) is 14.7 Å². The van der Waals surface area contributed by atoms with Crippen LogP contribution in [0.4, 0.5) is 11.8 Å². The standard InChI is InChI=1S/C21H25N7O2S2/c1-30-15-2-4-16(5-3-15)31-20-18-17(23-14-24-20)19(27-10-12-32(29)13-11-27)26-21(25-18)28-8-6-22-7-9-28/h2-5,14,22H,6-13H2,1H3. The number of hydrogen-bond acceptors (Lipinski definition) is 10. The third kappa shape index (κ3) is 4.50. The summed E-state index contributed by atoms with van der Waals surface area (Å²) >= 11 is 1.55. The molecule has 1 N–H and O–H groups in total. The van der Waals surface area contributed by atoms with Gasteiger partial charge in [-0.1, -0.05) is 11.8 Å². The van der Waals surface area contributed by atoms with Gasteiger partial charge < -0.3 is 19.9 Å². The number of hydrogen-bond donors (Lipinski definition) is 1. The van der Waals surface area contributed by atoms with Crippen LogP contribution in [-0.2, 0) is 10.8 Å². The van der Waals surface area contributed by atoms with Gasteiger partial charge in [0, 0.05) is 66.5 Å². The molecule has 0 saturated carbocycles. The SMILES string of the molecule is COc1ccc(Sc2ncnc3c(N4CCS(=O)CC4)nc(N4CCNCC4)nc23)cc1. The van der Waals surface area contributed by atoms with Gasteiger partial charge in [-0.15, -0.1) is 0 Å². The molecule has 32 heavy (non-hydrogen) atoms. The van der Waals surface area contributed by atoms with Crippen LogP contribution in [0.2, 0.25) is 0 Å². The summed E-state index contributed by atoms with van der Waals surface area (Å²) in [5, 5.41) is 4.17. The lowest BCUT2D eigenvalue weighted by Crippen LogP contribution is -2.44. The van der Waals surface area contributed by atoms with Gasteiger partial charge in [0.25, 0.3) is 0 Å². The highest BCUT2D eigenvalue weighted by Crippen LogP contribution is 2.35. The van der Waals surface area contributed by atoms with Gasteiger partial charge in [-0.3, -0.25) is 4.21 Å². The van der Waals surface area contributed by atoms with Crippen molar-refractivity contribution in [2.75, 3.05) is 67.7 Å². The number of benzene rings is 1. The van der Waals surface area contributed by atoms with E-state index in [0.29, 0.717) is 30.5 Å². The van der Waals surface area contributed by atoms with Crippen molar-refractivity contribution in [2.45, 2.75) is 9.92 Å². The van der Waals surface area contributed by atoms with Crippen LogP contribution in [0.3, 0.4) is 0 Å². The fourth-order valence-corrected chi connectivity index (χ4v) is 5.69. The predicted octanol–water partition coefficient (Wildman–Crippen LogP) is 1.56. The maximum Gasteiger partial charge on any atom is 0.228 e. The summed E-state index contributed by atoms with van der Waals surface area (Å²) in [6.07, 6.45) is 1.58.